The van der Waals surface area contributed by atoms with Crippen molar-refractivity contribution in [2.75, 3.05) is 18.8 Å². The van der Waals surface area contributed by atoms with Gasteiger partial charge in [-0.15, -0.1) is 10.2 Å². The van der Waals surface area contributed by atoms with Crippen molar-refractivity contribution in [3.05, 3.63) is 40.4 Å². The predicted molar refractivity (Wildman–Crippen MR) is 95.8 cm³/mol. The van der Waals surface area contributed by atoms with Gasteiger partial charge in [-0.2, -0.15) is 0 Å². The van der Waals surface area contributed by atoms with Crippen molar-refractivity contribution in [3.63, 3.8) is 0 Å². The summed E-state index contributed by atoms with van der Waals surface area (Å²) >= 11 is 1.29. The lowest BCUT2D eigenvalue weighted by Gasteiger charge is -2.26. The number of anilines is 1. The zero-order valence-electron chi connectivity index (χ0n) is 13.9. The topological polar surface area (TPSA) is 84.1 Å². The largest absolute Gasteiger partial charge is 0.374 e. The third-order valence-corrected chi connectivity index (χ3v) is 5.18. The third-order valence-electron chi connectivity index (χ3n) is 4.25. The van der Waals surface area contributed by atoms with Crippen LogP contribution in [0.3, 0.4) is 0 Å². The van der Waals surface area contributed by atoms with Gasteiger partial charge in [0.05, 0.1) is 6.04 Å². The molecule has 1 fully saturated rings. The minimum absolute atomic E-state index is 0.110. The van der Waals surface area contributed by atoms with Crippen molar-refractivity contribution in [3.8, 4) is 0 Å². The van der Waals surface area contributed by atoms with Crippen LogP contribution in [0, 0.1) is 0 Å². The second-order valence-corrected chi connectivity index (χ2v) is 7.25. The normalized spacial score (nSPS) is 16.7. The summed E-state index contributed by atoms with van der Waals surface area (Å²) in [5, 5.41) is 11.8. The van der Waals surface area contributed by atoms with Crippen LogP contribution in [-0.4, -0.2) is 34.1 Å². The smallest absolute Gasteiger partial charge is 0.251 e. The number of likely N-dealkylation sites (tertiary alicyclic amines) is 1. The molecular formula is C17H23N5OS. The average Bonchev–Trinajstić information content (AvgIpc) is 3.03. The van der Waals surface area contributed by atoms with Gasteiger partial charge in [-0.3, -0.25) is 9.69 Å². The number of benzene rings is 1. The highest BCUT2D eigenvalue weighted by Gasteiger charge is 2.15. The Morgan fingerprint density at radius 3 is 2.58 bits per heavy atom. The number of carbonyl (C=O) groups is 1. The van der Waals surface area contributed by atoms with Gasteiger partial charge in [0, 0.05) is 12.1 Å². The van der Waals surface area contributed by atoms with Crippen molar-refractivity contribution in [2.24, 2.45) is 0 Å². The fourth-order valence-electron chi connectivity index (χ4n) is 2.90. The van der Waals surface area contributed by atoms with E-state index < -0.39 is 0 Å². The Bertz CT molecular complexity index is 679. The average molecular weight is 345 g/mol. The Morgan fingerprint density at radius 2 is 1.96 bits per heavy atom. The van der Waals surface area contributed by atoms with Crippen molar-refractivity contribution < 1.29 is 4.79 Å². The minimum atomic E-state index is -0.208. The summed E-state index contributed by atoms with van der Waals surface area (Å²) in [6, 6.07) is 7.64. The number of nitrogen functional groups attached to an aromatic ring is 1. The molecule has 0 saturated carbocycles. The van der Waals surface area contributed by atoms with E-state index in [1.165, 1.54) is 49.3 Å². The van der Waals surface area contributed by atoms with Crippen molar-refractivity contribution in [2.45, 2.75) is 38.8 Å². The van der Waals surface area contributed by atoms with Gasteiger partial charge in [-0.1, -0.05) is 29.9 Å². The maximum Gasteiger partial charge on any atom is 0.251 e. The van der Waals surface area contributed by atoms with Gasteiger partial charge < -0.3 is 11.1 Å². The summed E-state index contributed by atoms with van der Waals surface area (Å²) < 4.78 is 0. The fraction of sp³-hybridized carbons (Fsp3) is 0.471. The lowest BCUT2D eigenvalue weighted by atomic mass is 10.1. The number of nitrogens with zero attached hydrogens (tertiary/aromatic N) is 3. The Morgan fingerprint density at radius 1 is 1.25 bits per heavy atom. The quantitative estimate of drug-likeness (QED) is 0.870. The molecule has 7 heteroatoms. The second kappa shape index (κ2) is 7.72. The SMILES string of the molecule is C[C@@H](NC(=O)c1ccc(CN2CCCCC2)cc1)c1nnc(N)s1. The maximum atomic E-state index is 12.3. The zero-order chi connectivity index (χ0) is 16.9. The van der Waals surface area contributed by atoms with E-state index >= 15 is 0 Å². The van der Waals surface area contributed by atoms with Gasteiger partial charge >= 0.3 is 0 Å². The lowest BCUT2D eigenvalue weighted by Crippen LogP contribution is -2.29. The van der Waals surface area contributed by atoms with Crippen LogP contribution in [0.15, 0.2) is 24.3 Å². The Labute approximate surface area is 146 Å². The van der Waals surface area contributed by atoms with Crippen molar-refractivity contribution in [1.29, 1.82) is 0 Å². The number of nitrogens with one attached hydrogen (secondary N) is 1. The first-order valence-electron chi connectivity index (χ1n) is 8.33. The van der Waals surface area contributed by atoms with Gasteiger partial charge in [0.25, 0.3) is 5.91 Å². The third kappa shape index (κ3) is 4.30. The Kier molecular flexibility index (Phi) is 5.42. The van der Waals surface area contributed by atoms with Crippen LogP contribution >= 0.6 is 11.3 Å². The van der Waals surface area contributed by atoms with Crippen LogP contribution in [0.2, 0.25) is 0 Å². The maximum absolute atomic E-state index is 12.3. The van der Waals surface area contributed by atoms with E-state index in [4.69, 9.17) is 5.73 Å². The summed E-state index contributed by atoms with van der Waals surface area (Å²) in [5.74, 6) is -0.110. The minimum Gasteiger partial charge on any atom is -0.374 e. The van der Waals surface area contributed by atoms with Gasteiger partial charge in [0.1, 0.15) is 5.01 Å². The van der Waals surface area contributed by atoms with Crippen LogP contribution in [0.25, 0.3) is 0 Å². The van der Waals surface area contributed by atoms with Crippen molar-refractivity contribution in [1.82, 2.24) is 20.4 Å². The van der Waals surface area contributed by atoms with E-state index in [0.717, 1.165) is 6.54 Å². The number of piperidine rings is 1. The van der Waals surface area contributed by atoms with E-state index in [1.807, 2.05) is 31.2 Å². The molecule has 0 spiro atoms. The van der Waals surface area contributed by atoms with Crippen LogP contribution in [0.4, 0.5) is 5.13 Å². The first kappa shape index (κ1) is 16.9. The second-order valence-electron chi connectivity index (χ2n) is 6.21. The lowest BCUT2D eigenvalue weighted by molar-refractivity contribution is 0.0939. The molecular weight excluding hydrogens is 322 g/mol. The highest BCUT2D eigenvalue weighted by atomic mass is 32.1. The van der Waals surface area contributed by atoms with Gasteiger partial charge in [0.15, 0.2) is 0 Å². The predicted octanol–water partition coefficient (Wildman–Crippen LogP) is 2.60. The highest BCUT2D eigenvalue weighted by molar-refractivity contribution is 7.15. The number of nitrogens with two attached hydrogens (primary N) is 1. The molecule has 1 atom stereocenters. The summed E-state index contributed by atoms with van der Waals surface area (Å²) in [5.41, 5.74) is 7.48. The molecule has 1 amide bonds. The molecule has 2 heterocycles. The number of amides is 1. The molecule has 0 bridgehead atoms. The number of rotatable bonds is 5. The molecule has 1 aromatic carbocycles. The molecule has 1 aliphatic heterocycles. The van der Waals surface area contributed by atoms with E-state index in [1.54, 1.807) is 0 Å². The Hall–Kier alpha value is -1.99. The summed E-state index contributed by atoms with van der Waals surface area (Å²) in [6.45, 7) is 5.18. The number of hydrogen-bond acceptors (Lipinski definition) is 6. The standard InChI is InChI=1S/C17H23N5OS/c1-12(16-20-21-17(18)24-16)19-15(23)14-7-5-13(6-8-14)11-22-9-3-2-4-10-22/h5-8,12H,2-4,9-11H2,1H3,(H2,18,21)(H,19,23)/t12-/m1/s1. The highest BCUT2D eigenvalue weighted by Crippen LogP contribution is 2.19. The first-order valence-corrected chi connectivity index (χ1v) is 9.14. The first-order chi connectivity index (χ1) is 11.6. The Balaban J connectivity index is 1.57. The van der Waals surface area contributed by atoms with E-state index in [-0.39, 0.29) is 11.9 Å². The van der Waals surface area contributed by atoms with Gasteiger partial charge in [-0.25, -0.2) is 0 Å². The van der Waals surface area contributed by atoms with E-state index in [0.29, 0.717) is 15.7 Å². The molecule has 6 nitrogen and oxygen atoms in total. The molecule has 128 valence electrons. The fourth-order valence-corrected chi connectivity index (χ4v) is 3.51. The molecule has 3 rings (SSSR count). The molecule has 0 radical (unpaired) electrons. The van der Waals surface area contributed by atoms with Gasteiger partial charge in [0.2, 0.25) is 5.13 Å². The zero-order valence-corrected chi connectivity index (χ0v) is 14.7. The molecule has 0 aliphatic carbocycles. The molecule has 3 N–H and O–H groups in total. The van der Waals surface area contributed by atoms with Crippen LogP contribution in [0.5, 0.6) is 0 Å². The summed E-state index contributed by atoms with van der Waals surface area (Å²) in [4.78, 5) is 14.8. The molecule has 1 aromatic heterocycles. The molecule has 0 unspecified atom stereocenters. The van der Waals surface area contributed by atoms with E-state index in [9.17, 15) is 4.79 Å². The number of hydrogen-bond donors (Lipinski definition) is 2. The van der Waals surface area contributed by atoms with Crippen molar-refractivity contribution >= 4 is 22.4 Å². The molecule has 24 heavy (non-hydrogen) atoms. The monoisotopic (exact) mass is 345 g/mol. The van der Waals surface area contributed by atoms with Crippen LogP contribution in [-0.2, 0) is 6.54 Å². The van der Waals surface area contributed by atoms with E-state index in [2.05, 4.69) is 20.4 Å². The van der Waals surface area contributed by atoms with Crippen LogP contribution in [0.1, 0.15) is 53.2 Å². The van der Waals surface area contributed by atoms with Crippen LogP contribution < -0.4 is 11.1 Å². The molecule has 2 aromatic rings. The number of carbonyl (C=O) groups excluding carboxylic acids is 1. The summed E-state index contributed by atoms with van der Waals surface area (Å²) in [7, 11) is 0. The van der Waals surface area contributed by atoms with Gasteiger partial charge in [-0.05, 0) is 50.6 Å². The summed E-state index contributed by atoms with van der Waals surface area (Å²) in [6.07, 6.45) is 3.91. The number of aromatic nitrogens is 2. The molecule has 1 aliphatic rings. The molecule has 1 saturated heterocycles.